The van der Waals surface area contributed by atoms with Crippen LogP contribution in [0.25, 0.3) is 10.2 Å². The molecule has 0 spiro atoms. The highest BCUT2D eigenvalue weighted by Crippen LogP contribution is 2.37. The van der Waals surface area contributed by atoms with Crippen molar-refractivity contribution in [1.82, 2.24) is 14.9 Å². The minimum Gasteiger partial charge on any atom is -0.328 e. The van der Waals surface area contributed by atoms with Crippen LogP contribution in [0.2, 0.25) is 0 Å². The SMILES string of the molecule is O=C(C1=NN([C@H]2CCS(=O)(=O)C2)C(=O)CC1)N1CCC[C@H]1c1nc2ccccc2s1. The van der Waals surface area contributed by atoms with Crippen molar-refractivity contribution >= 4 is 48.9 Å². The van der Waals surface area contributed by atoms with E-state index in [-0.39, 0.29) is 42.2 Å². The Kier molecular flexibility index (Phi) is 4.85. The topological polar surface area (TPSA) is 100 Å². The van der Waals surface area contributed by atoms with Crippen molar-refractivity contribution in [3.63, 3.8) is 0 Å². The van der Waals surface area contributed by atoms with E-state index in [0.717, 1.165) is 28.1 Å². The highest BCUT2D eigenvalue weighted by atomic mass is 32.2. The molecule has 2 fully saturated rings. The number of carbonyl (C=O) groups excluding carboxylic acids is 2. The van der Waals surface area contributed by atoms with Crippen molar-refractivity contribution in [3.05, 3.63) is 29.3 Å². The van der Waals surface area contributed by atoms with E-state index in [0.29, 0.717) is 18.7 Å². The van der Waals surface area contributed by atoms with Gasteiger partial charge in [-0.15, -0.1) is 11.3 Å². The molecule has 0 unspecified atom stereocenters. The van der Waals surface area contributed by atoms with Gasteiger partial charge in [0.2, 0.25) is 5.91 Å². The summed E-state index contributed by atoms with van der Waals surface area (Å²) in [5.74, 6) is -0.402. The van der Waals surface area contributed by atoms with Crippen molar-refractivity contribution in [2.24, 2.45) is 5.10 Å². The monoisotopic (exact) mass is 446 g/mol. The maximum absolute atomic E-state index is 13.3. The van der Waals surface area contributed by atoms with Gasteiger partial charge in [0.25, 0.3) is 5.91 Å². The Bertz CT molecular complexity index is 1120. The van der Waals surface area contributed by atoms with E-state index >= 15 is 0 Å². The minimum atomic E-state index is -3.14. The fourth-order valence-corrected chi connectivity index (χ4v) is 7.25. The molecule has 0 saturated carbocycles. The average Bonchev–Trinajstić information content (AvgIpc) is 3.44. The molecule has 0 radical (unpaired) electrons. The van der Waals surface area contributed by atoms with E-state index in [4.69, 9.17) is 4.98 Å². The normalized spacial score (nSPS) is 26.4. The number of amides is 2. The third-order valence-corrected chi connectivity index (χ3v) is 8.86. The molecule has 30 heavy (non-hydrogen) atoms. The lowest BCUT2D eigenvalue weighted by Crippen LogP contribution is -2.44. The van der Waals surface area contributed by atoms with E-state index in [1.807, 2.05) is 29.2 Å². The smallest absolute Gasteiger partial charge is 0.270 e. The van der Waals surface area contributed by atoms with Crippen molar-refractivity contribution in [1.29, 1.82) is 0 Å². The maximum Gasteiger partial charge on any atom is 0.270 e. The highest BCUT2D eigenvalue weighted by molar-refractivity contribution is 7.91. The first-order valence-electron chi connectivity index (χ1n) is 10.2. The van der Waals surface area contributed by atoms with Gasteiger partial charge >= 0.3 is 0 Å². The lowest BCUT2D eigenvalue weighted by molar-refractivity contribution is -0.134. The summed E-state index contributed by atoms with van der Waals surface area (Å²) in [5.41, 5.74) is 1.28. The van der Waals surface area contributed by atoms with Crippen LogP contribution >= 0.6 is 11.3 Å². The summed E-state index contributed by atoms with van der Waals surface area (Å²) in [6, 6.07) is 7.38. The van der Waals surface area contributed by atoms with E-state index in [1.165, 1.54) is 5.01 Å². The van der Waals surface area contributed by atoms with E-state index in [2.05, 4.69) is 5.10 Å². The molecule has 0 aliphatic carbocycles. The number of aromatic nitrogens is 1. The predicted molar refractivity (Wildman–Crippen MR) is 114 cm³/mol. The fraction of sp³-hybridized carbons (Fsp3) is 0.500. The Morgan fingerprint density at radius 1 is 1.17 bits per heavy atom. The first-order valence-corrected chi connectivity index (χ1v) is 12.8. The minimum absolute atomic E-state index is 0.0616. The molecule has 1 aromatic carbocycles. The van der Waals surface area contributed by atoms with E-state index in [9.17, 15) is 18.0 Å². The van der Waals surface area contributed by atoms with Gasteiger partial charge in [-0.3, -0.25) is 9.59 Å². The zero-order valence-electron chi connectivity index (χ0n) is 16.4. The van der Waals surface area contributed by atoms with Crippen LogP contribution in [-0.4, -0.2) is 64.9 Å². The van der Waals surface area contributed by atoms with Crippen LogP contribution in [0, 0.1) is 0 Å². The molecule has 0 bridgehead atoms. The number of rotatable bonds is 3. The van der Waals surface area contributed by atoms with Crippen molar-refractivity contribution in [2.45, 2.75) is 44.2 Å². The number of hydrogen-bond donors (Lipinski definition) is 0. The number of fused-ring (bicyclic) bond motifs is 1. The molecule has 3 aliphatic heterocycles. The summed E-state index contributed by atoms with van der Waals surface area (Å²) >= 11 is 1.61. The maximum atomic E-state index is 13.3. The van der Waals surface area contributed by atoms with Gasteiger partial charge in [0.05, 0.1) is 33.8 Å². The Hall–Kier alpha value is -2.33. The van der Waals surface area contributed by atoms with Crippen molar-refractivity contribution in [3.8, 4) is 0 Å². The molecule has 1 aromatic heterocycles. The molecular formula is C20H22N4O4S2. The Labute approximate surface area is 178 Å². The Morgan fingerprint density at radius 2 is 2.00 bits per heavy atom. The Morgan fingerprint density at radius 3 is 2.77 bits per heavy atom. The summed E-state index contributed by atoms with van der Waals surface area (Å²) in [5, 5.41) is 6.53. The van der Waals surface area contributed by atoms with E-state index in [1.54, 1.807) is 11.3 Å². The number of nitrogens with zero attached hydrogens (tertiary/aromatic N) is 4. The van der Waals surface area contributed by atoms with Gasteiger partial charge in [-0.05, 0) is 31.4 Å². The lowest BCUT2D eigenvalue weighted by atomic mass is 10.1. The molecule has 2 aromatic rings. The molecule has 2 saturated heterocycles. The van der Waals surface area contributed by atoms with Gasteiger partial charge in [0, 0.05) is 19.4 Å². The zero-order chi connectivity index (χ0) is 20.9. The number of para-hydroxylation sites is 1. The number of sulfone groups is 1. The second-order valence-corrected chi connectivity index (χ2v) is 11.3. The van der Waals surface area contributed by atoms with Crippen LogP contribution in [0.15, 0.2) is 29.4 Å². The molecule has 8 nitrogen and oxygen atoms in total. The first-order chi connectivity index (χ1) is 14.4. The quantitative estimate of drug-likeness (QED) is 0.719. The molecule has 4 heterocycles. The third kappa shape index (κ3) is 3.51. The second-order valence-electron chi connectivity index (χ2n) is 8.02. The largest absolute Gasteiger partial charge is 0.328 e. The molecular weight excluding hydrogens is 424 g/mol. The number of thiazole rings is 1. The molecule has 0 N–H and O–H groups in total. The molecule has 2 atom stereocenters. The zero-order valence-corrected chi connectivity index (χ0v) is 18.0. The molecule has 158 valence electrons. The number of likely N-dealkylation sites (tertiary alicyclic amines) is 1. The van der Waals surface area contributed by atoms with Crippen LogP contribution < -0.4 is 0 Å². The van der Waals surface area contributed by atoms with Gasteiger partial charge in [-0.2, -0.15) is 5.10 Å². The number of hydrogen-bond acceptors (Lipinski definition) is 7. The second kappa shape index (κ2) is 7.42. The number of hydrazone groups is 1. The van der Waals surface area contributed by atoms with Crippen LogP contribution in [-0.2, 0) is 19.4 Å². The summed E-state index contributed by atoms with van der Waals surface area (Å²) in [6.07, 6.45) is 2.58. The third-order valence-electron chi connectivity index (χ3n) is 5.97. The van der Waals surface area contributed by atoms with Gasteiger partial charge in [-0.1, -0.05) is 12.1 Å². The van der Waals surface area contributed by atoms with Crippen LogP contribution in [0.5, 0.6) is 0 Å². The molecule has 3 aliphatic rings. The van der Waals surface area contributed by atoms with Crippen LogP contribution in [0.3, 0.4) is 0 Å². The van der Waals surface area contributed by atoms with Crippen LogP contribution in [0.4, 0.5) is 0 Å². The predicted octanol–water partition coefficient (Wildman–Crippen LogP) is 2.13. The van der Waals surface area contributed by atoms with Gasteiger partial charge in [-0.25, -0.2) is 18.4 Å². The van der Waals surface area contributed by atoms with Gasteiger partial charge < -0.3 is 4.90 Å². The Balaban J connectivity index is 1.40. The summed E-state index contributed by atoms with van der Waals surface area (Å²) in [4.78, 5) is 32.2. The molecule has 2 amide bonds. The highest BCUT2D eigenvalue weighted by Gasteiger charge is 2.40. The average molecular weight is 447 g/mol. The fourth-order valence-electron chi connectivity index (χ4n) is 4.44. The van der Waals surface area contributed by atoms with Crippen molar-refractivity contribution in [2.75, 3.05) is 18.1 Å². The summed E-state index contributed by atoms with van der Waals surface area (Å²) < 4.78 is 24.7. The lowest BCUT2D eigenvalue weighted by Gasteiger charge is -2.30. The van der Waals surface area contributed by atoms with Crippen LogP contribution in [0.1, 0.15) is 43.2 Å². The van der Waals surface area contributed by atoms with Gasteiger partial charge in [0.15, 0.2) is 9.84 Å². The van der Waals surface area contributed by atoms with Gasteiger partial charge in [0.1, 0.15) is 10.7 Å². The van der Waals surface area contributed by atoms with E-state index < -0.39 is 15.9 Å². The number of benzene rings is 1. The summed E-state index contributed by atoms with van der Waals surface area (Å²) in [6.45, 7) is 0.629. The van der Waals surface area contributed by atoms with Crippen molar-refractivity contribution < 1.29 is 18.0 Å². The first kappa shape index (κ1) is 19.6. The standard InChI is InChI=1S/C20H22N4O4S2/c25-18-8-7-15(22-24(18)13-9-11-30(27,28)12-13)20(26)23-10-3-5-16(23)19-21-14-4-1-2-6-17(14)29-19/h1-2,4,6,13,16H,3,5,7-12H2/t13-,16-/m0/s1. The molecule has 10 heteroatoms. The summed E-state index contributed by atoms with van der Waals surface area (Å²) in [7, 11) is -3.14. The number of carbonyl (C=O) groups is 2. The molecule has 5 rings (SSSR count).